The fourth-order valence-corrected chi connectivity index (χ4v) is 3.11. The maximum absolute atomic E-state index is 9.60. The predicted molar refractivity (Wildman–Crippen MR) is 114 cm³/mol. The van der Waals surface area contributed by atoms with Crippen LogP contribution in [0.25, 0.3) is 0 Å². The second-order valence-corrected chi connectivity index (χ2v) is 7.55. The molecule has 0 saturated heterocycles. The van der Waals surface area contributed by atoms with Gasteiger partial charge in [0.05, 0.1) is 27.2 Å². The summed E-state index contributed by atoms with van der Waals surface area (Å²) in [5.74, 6) is 0. The third kappa shape index (κ3) is 13.1. The summed E-state index contributed by atoms with van der Waals surface area (Å²) in [6.07, 6.45) is 23.3. The highest BCUT2D eigenvalue weighted by Crippen LogP contribution is 2.08. The van der Waals surface area contributed by atoms with Crippen LogP contribution in [0, 0.1) is 0 Å². The lowest BCUT2D eigenvalue weighted by Crippen LogP contribution is -2.25. The normalized spacial score (nSPS) is 9.93. The van der Waals surface area contributed by atoms with Gasteiger partial charge in [-0.2, -0.15) is 4.57 Å². The standard InChI is InChI=1S/C12H22N2O.C10H19N2.2H2O/c1-3-4-5-6-7-8-9-14-11-10-13(2)12(14)15;1-3-4-5-6-7-12-9-8-11(2)10-12;;/h10-11H,3-9H2,1-2H3;8-10H,3-7H2,1-2H3;2*1H2/q;+1;;/p-1. The highest BCUT2D eigenvalue weighted by molar-refractivity contribution is 4.85. The number of hydrogen-bond donors (Lipinski definition) is 1. The van der Waals surface area contributed by atoms with Crippen LogP contribution in [0.3, 0.4) is 0 Å². The molecule has 7 nitrogen and oxygen atoms in total. The van der Waals surface area contributed by atoms with Crippen LogP contribution in [0.1, 0.15) is 78.1 Å². The number of aryl methyl sites for hydroxylation is 4. The second-order valence-electron chi connectivity index (χ2n) is 7.55. The Bertz CT molecular complexity index is 611. The lowest BCUT2D eigenvalue weighted by Gasteiger charge is -1.99. The summed E-state index contributed by atoms with van der Waals surface area (Å²) in [5, 5.41) is 9.60. The van der Waals surface area contributed by atoms with Gasteiger partial charge in [-0.15, -0.1) is 0 Å². The first kappa shape index (κ1) is 29.3. The van der Waals surface area contributed by atoms with Crippen molar-refractivity contribution >= 4 is 0 Å². The van der Waals surface area contributed by atoms with Crippen molar-refractivity contribution in [2.24, 2.45) is 14.1 Å². The first-order valence-corrected chi connectivity index (χ1v) is 10.8. The molecule has 0 aromatic carbocycles. The first-order chi connectivity index (χ1) is 13.1. The Kier molecular flexibility index (Phi) is 18.4. The van der Waals surface area contributed by atoms with Gasteiger partial charge in [0.15, 0.2) is 0 Å². The molecule has 170 valence electrons. The van der Waals surface area contributed by atoms with Gasteiger partial charge >= 0.3 is 6.01 Å². The molecule has 2 aromatic heterocycles. The second kappa shape index (κ2) is 18.2. The van der Waals surface area contributed by atoms with Gasteiger partial charge in [0.25, 0.3) is 0 Å². The van der Waals surface area contributed by atoms with Crippen LogP contribution in [0.15, 0.2) is 31.1 Å². The molecule has 2 rings (SSSR count). The number of imidazole rings is 2. The van der Waals surface area contributed by atoms with Gasteiger partial charge in [0, 0.05) is 0 Å². The molecule has 0 saturated carbocycles. The minimum Gasteiger partial charge on any atom is -0.870 e. The quantitative estimate of drug-likeness (QED) is 0.422. The Balaban J connectivity index is 0. The van der Waals surface area contributed by atoms with Crippen molar-refractivity contribution in [2.75, 3.05) is 0 Å². The molecule has 0 bridgehead atoms. The smallest absolute Gasteiger partial charge is 0.453 e. The monoisotopic (exact) mass is 412 g/mol. The number of nitrogens with zero attached hydrogens (tertiary/aromatic N) is 4. The fourth-order valence-electron chi connectivity index (χ4n) is 3.11. The molecular weight excluding hydrogens is 368 g/mol. The highest BCUT2D eigenvalue weighted by atomic mass is 16.3. The number of hydrogen-bond acceptors (Lipinski definition) is 3. The Morgan fingerprint density at radius 3 is 1.83 bits per heavy atom. The van der Waals surface area contributed by atoms with E-state index in [0.717, 1.165) is 13.0 Å². The van der Waals surface area contributed by atoms with E-state index in [4.69, 9.17) is 0 Å². The lowest BCUT2D eigenvalue weighted by atomic mass is 10.1. The topological polar surface area (TPSA) is 97.8 Å². The molecule has 0 aliphatic rings. The number of rotatable bonds is 12. The van der Waals surface area contributed by atoms with E-state index in [1.54, 1.807) is 4.57 Å². The molecule has 7 heteroatoms. The van der Waals surface area contributed by atoms with E-state index >= 15 is 0 Å². The zero-order valence-electron chi connectivity index (χ0n) is 19.0. The first-order valence-electron chi connectivity index (χ1n) is 10.8. The Labute approximate surface area is 177 Å². The molecule has 29 heavy (non-hydrogen) atoms. The van der Waals surface area contributed by atoms with E-state index < -0.39 is 0 Å². The number of aromatic hydroxyl groups is 1. The summed E-state index contributed by atoms with van der Waals surface area (Å²) < 4.78 is 7.96. The van der Waals surface area contributed by atoms with E-state index in [1.807, 2.05) is 24.0 Å². The largest absolute Gasteiger partial charge is 0.870 e. The van der Waals surface area contributed by atoms with Crippen LogP contribution in [-0.2, 0) is 27.2 Å². The minimum absolute atomic E-state index is 0. The van der Waals surface area contributed by atoms with Gasteiger partial charge in [-0.05, 0) is 25.7 Å². The summed E-state index contributed by atoms with van der Waals surface area (Å²) in [4.78, 5) is 0. The summed E-state index contributed by atoms with van der Waals surface area (Å²) in [6, 6.07) is 0.351. The summed E-state index contributed by atoms with van der Waals surface area (Å²) in [5.41, 5.74) is 0. The van der Waals surface area contributed by atoms with Crippen molar-refractivity contribution in [3.05, 3.63) is 31.1 Å². The lowest BCUT2D eigenvalue weighted by molar-refractivity contribution is -0.677. The van der Waals surface area contributed by atoms with Crippen molar-refractivity contribution in [3.63, 3.8) is 0 Å². The average Bonchev–Trinajstić information content (AvgIpc) is 3.22. The molecule has 0 amide bonds. The van der Waals surface area contributed by atoms with Crippen LogP contribution >= 0.6 is 0 Å². The van der Waals surface area contributed by atoms with Gasteiger partial charge in [0.1, 0.15) is 24.8 Å². The third-order valence-corrected chi connectivity index (χ3v) is 4.89. The van der Waals surface area contributed by atoms with E-state index in [0.29, 0.717) is 6.01 Å². The predicted octanol–water partition coefficient (Wildman–Crippen LogP) is 3.92. The van der Waals surface area contributed by atoms with Gasteiger partial charge in [-0.3, -0.25) is 0 Å². The van der Waals surface area contributed by atoms with Crippen LogP contribution < -0.4 is 9.13 Å². The molecule has 0 aliphatic carbocycles. The molecule has 2 aromatic rings. The summed E-state index contributed by atoms with van der Waals surface area (Å²) >= 11 is 0. The van der Waals surface area contributed by atoms with Crippen molar-refractivity contribution in [1.82, 2.24) is 9.13 Å². The molecule has 0 atom stereocenters. The molecule has 0 unspecified atom stereocenters. The average molecular weight is 413 g/mol. The van der Waals surface area contributed by atoms with Crippen molar-refractivity contribution in [1.29, 1.82) is 0 Å². The van der Waals surface area contributed by atoms with Crippen LogP contribution in [0.5, 0.6) is 6.01 Å². The fraction of sp³-hybridized carbons (Fsp3) is 0.727. The molecule has 0 fully saturated rings. The maximum atomic E-state index is 9.60. The van der Waals surface area contributed by atoms with Crippen LogP contribution in [0.4, 0.5) is 0 Å². The third-order valence-electron chi connectivity index (χ3n) is 4.89. The van der Waals surface area contributed by atoms with Crippen molar-refractivity contribution in [2.45, 2.75) is 91.1 Å². The van der Waals surface area contributed by atoms with Crippen LogP contribution in [-0.4, -0.2) is 25.2 Å². The van der Waals surface area contributed by atoms with E-state index in [-0.39, 0.29) is 11.0 Å². The molecule has 3 N–H and O–H groups in total. The van der Waals surface area contributed by atoms with Gasteiger partial charge in [-0.1, -0.05) is 52.4 Å². The maximum Gasteiger partial charge on any atom is 0.453 e. The van der Waals surface area contributed by atoms with Gasteiger partial charge in [0.2, 0.25) is 6.33 Å². The molecule has 0 spiro atoms. The highest BCUT2D eigenvalue weighted by Gasteiger charge is 2.10. The van der Waals surface area contributed by atoms with Gasteiger partial charge < -0.3 is 16.1 Å². The van der Waals surface area contributed by atoms with E-state index in [1.165, 1.54) is 64.3 Å². The Hall–Kier alpha value is -1.86. The van der Waals surface area contributed by atoms with E-state index in [2.05, 4.69) is 48.8 Å². The zero-order chi connectivity index (χ0) is 19.9. The van der Waals surface area contributed by atoms with Crippen molar-refractivity contribution in [3.8, 4) is 6.01 Å². The number of unbranched alkanes of at least 4 members (excludes halogenated alkanes) is 8. The Morgan fingerprint density at radius 1 is 0.759 bits per heavy atom. The molecule has 2 heterocycles. The SMILES string of the molecule is CCCCCCCCn1cc[n+](C)c1O.CCCCCCn1cc[n+](C)c1.[OH-].[OH-]. The molecule has 0 radical (unpaired) electrons. The summed E-state index contributed by atoms with van der Waals surface area (Å²) in [6.45, 7) is 6.58. The van der Waals surface area contributed by atoms with Crippen LogP contribution in [0.2, 0.25) is 0 Å². The summed E-state index contributed by atoms with van der Waals surface area (Å²) in [7, 11) is 3.91. The zero-order valence-corrected chi connectivity index (χ0v) is 19.0. The Morgan fingerprint density at radius 2 is 1.31 bits per heavy atom. The minimum atomic E-state index is 0. The van der Waals surface area contributed by atoms with Gasteiger partial charge in [-0.25, -0.2) is 13.7 Å². The van der Waals surface area contributed by atoms with Crippen molar-refractivity contribution < 1.29 is 25.2 Å². The molecule has 0 aliphatic heterocycles. The number of aromatic nitrogens is 4. The van der Waals surface area contributed by atoms with E-state index in [9.17, 15) is 5.11 Å². The molecular formula is C22H44N4O3.